The van der Waals surface area contributed by atoms with Crippen LogP contribution in [0.25, 0.3) is 5.78 Å². The Hall–Kier alpha value is -1.62. The molecule has 0 spiro atoms. The molecular formula is C10H10ClN3O2. The number of aliphatic carboxylic acids is 1. The van der Waals surface area contributed by atoms with Crippen molar-refractivity contribution in [1.82, 2.24) is 14.4 Å². The molecule has 2 rings (SSSR count). The van der Waals surface area contributed by atoms with Crippen molar-refractivity contribution in [3.63, 3.8) is 0 Å². The largest absolute Gasteiger partial charge is 0.481 e. The molecule has 84 valence electrons. The van der Waals surface area contributed by atoms with Crippen LogP contribution in [0.5, 0.6) is 0 Å². The third kappa shape index (κ3) is 1.99. The lowest BCUT2D eigenvalue weighted by atomic mass is 10.0. The van der Waals surface area contributed by atoms with E-state index in [0.717, 1.165) is 5.56 Å². The number of rotatable bonds is 3. The zero-order chi connectivity index (χ0) is 11.7. The van der Waals surface area contributed by atoms with Gasteiger partial charge in [0.1, 0.15) is 5.15 Å². The van der Waals surface area contributed by atoms with E-state index in [1.165, 1.54) is 6.20 Å². The van der Waals surface area contributed by atoms with Gasteiger partial charge in [0.15, 0.2) is 0 Å². The van der Waals surface area contributed by atoms with Gasteiger partial charge in [0.2, 0.25) is 5.78 Å². The number of aromatic nitrogens is 3. The van der Waals surface area contributed by atoms with Crippen LogP contribution < -0.4 is 0 Å². The number of fused-ring (bicyclic) bond motifs is 1. The van der Waals surface area contributed by atoms with Crippen LogP contribution in [0.1, 0.15) is 24.8 Å². The highest BCUT2D eigenvalue weighted by atomic mass is 35.5. The number of carboxylic acid groups (broad SMARTS) is 1. The van der Waals surface area contributed by atoms with Gasteiger partial charge >= 0.3 is 5.97 Å². The molecule has 0 radical (unpaired) electrons. The lowest BCUT2D eigenvalue weighted by Crippen LogP contribution is -2.04. The molecule has 5 nitrogen and oxygen atoms in total. The van der Waals surface area contributed by atoms with Crippen molar-refractivity contribution in [2.75, 3.05) is 0 Å². The molecule has 2 aromatic heterocycles. The zero-order valence-corrected chi connectivity index (χ0v) is 9.35. The summed E-state index contributed by atoms with van der Waals surface area (Å²) in [6.07, 6.45) is 4.98. The van der Waals surface area contributed by atoms with Crippen LogP contribution in [0.4, 0.5) is 0 Å². The Bertz CT molecular complexity index is 538. The summed E-state index contributed by atoms with van der Waals surface area (Å²) in [7, 11) is 0. The molecule has 2 heterocycles. The van der Waals surface area contributed by atoms with E-state index >= 15 is 0 Å². The number of hydrogen-bond acceptors (Lipinski definition) is 3. The SMILES string of the molecule is CC(CC(=O)O)c1cnc2ncc(Cl)n2c1. The first-order chi connectivity index (χ1) is 7.58. The van der Waals surface area contributed by atoms with Crippen molar-refractivity contribution < 1.29 is 9.90 Å². The number of carboxylic acids is 1. The van der Waals surface area contributed by atoms with Gasteiger partial charge < -0.3 is 5.11 Å². The van der Waals surface area contributed by atoms with Gasteiger partial charge in [-0.25, -0.2) is 9.97 Å². The van der Waals surface area contributed by atoms with Gasteiger partial charge in [0.25, 0.3) is 0 Å². The summed E-state index contributed by atoms with van der Waals surface area (Å²) in [6.45, 7) is 1.84. The first kappa shape index (κ1) is 10.9. The third-order valence-corrected chi connectivity index (χ3v) is 2.67. The van der Waals surface area contributed by atoms with Gasteiger partial charge in [-0.1, -0.05) is 18.5 Å². The van der Waals surface area contributed by atoms with Gasteiger partial charge in [0.05, 0.1) is 12.6 Å². The molecule has 0 aliphatic rings. The Morgan fingerprint density at radius 1 is 1.56 bits per heavy atom. The van der Waals surface area contributed by atoms with E-state index < -0.39 is 5.97 Å². The van der Waals surface area contributed by atoms with Gasteiger partial charge in [-0.05, 0) is 11.5 Å². The smallest absolute Gasteiger partial charge is 0.303 e. The zero-order valence-electron chi connectivity index (χ0n) is 8.59. The van der Waals surface area contributed by atoms with Crippen molar-refractivity contribution in [3.8, 4) is 0 Å². The van der Waals surface area contributed by atoms with Crippen molar-refractivity contribution >= 4 is 23.3 Å². The van der Waals surface area contributed by atoms with Crippen molar-refractivity contribution in [3.05, 3.63) is 29.3 Å². The number of halogens is 1. The lowest BCUT2D eigenvalue weighted by molar-refractivity contribution is -0.137. The Labute approximate surface area is 96.7 Å². The average molecular weight is 240 g/mol. The van der Waals surface area contributed by atoms with Gasteiger partial charge in [0, 0.05) is 12.4 Å². The molecule has 16 heavy (non-hydrogen) atoms. The molecule has 2 aromatic rings. The molecule has 0 saturated heterocycles. The average Bonchev–Trinajstić information content (AvgIpc) is 2.59. The molecule has 0 amide bonds. The van der Waals surface area contributed by atoms with Crippen LogP contribution >= 0.6 is 11.6 Å². The number of hydrogen-bond donors (Lipinski definition) is 1. The lowest BCUT2D eigenvalue weighted by Gasteiger charge is -2.08. The number of imidazole rings is 1. The molecule has 0 aliphatic heterocycles. The molecule has 1 unspecified atom stereocenters. The minimum absolute atomic E-state index is 0.0690. The fourth-order valence-electron chi connectivity index (χ4n) is 1.49. The molecule has 0 bridgehead atoms. The van der Waals surface area contributed by atoms with Crippen LogP contribution in [-0.4, -0.2) is 25.4 Å². The fraction of sp³-hybridized carbons (Fsp3) is 0.300. The second-order valence-corrected chi connectivity index (χ2v) is 4.02. The van der Waals surface area contributed by atoms with E-state index in [9.17, 15) is 4.79 Å². The molecule has 0 aromatic carbocycles. The summed E-state index contributed by atoms with van der Waals surface area (Å²) in [4.78, 5) is 18.7. The van der Waals surface area contributed by atoms with Crippen LogP contribution in [0.3, 0.4) is 0 Å². The quantitative estimate of drug-likeness (QED) is 0.889. The molecule has 0 aliphatic carbocycles. The molecular weight excluding hydrogens is 230 g/mol. The highest BCUT2D eigenvalue weighted by molar-refractivity contribution is 6.29. The predicted octanol–water partition coefficient (Wildman–Crippen LogP) is 1.96. The second-order valence-electron chi connectivity index (χ2n) is 3.64. The standard InChI is InChI=1S/C10H10ClN3O2/c1-6(2-9(15)16)7-3-12-10-13-4-8(11)14(10)5-7/h3-6H,2H2,1H3,(H,15,16). The van der Waals surface area contributed by atoms with Crippen LogP contribution in [0.15, 0.2) is 18.6 Å². The minimum atomic E-state index is -0.829. The van der Waals surface area contributed by atoms with Crippen LogP contribution in [0, 0.1) is 0 Å². The summed E-state index contributed by atoms with van der Waals surface area (Å²) in [5, 5.41) is 9.17. The third-order valence-electron chi connectivity index (χ3n) is 2.39. The summed E-state index contributed by atoms with van der Waals surface area (Å²) >= 11 is 5.90. The van der Waals surface area contributed by atoms with Crippen molar-refractivity contribution in [2.24, 2.45) is 0 Å². The minimum Gasteiger partial charge on any atom is -0.481 e. The Balaban J connectivity index is 2.38. The Morgan fingerprint density at radius 3 is 2.94 bits per heavy atom. The highest BCUT2D eigenvalue weighted by Crippen LogP contribution is 2.20. The molecule has 1 N–H and O–H groups in total. The van der Waals surface area contributed by atoms with E-state index in [1.807, 2.05) is 6.92 Å². The monoisotopic (exact) mass is 239 g/mol. The maximum atomic E-state index is 10.6. The van der Waals surface area contributed by atoms with Gasteiger partial charge in [-0.3, -0.25) is 9.20 Å². The Kier molecular flexibility index (Phi) is 2.78. The first-order valence-electron chi connectivity index (χ1n) is 4.78. The van der Waals surface area contributed by atoms with Crippen molar-refractivity contribution in [1.29, 1.82) is 0 Å². The van der Waals surface area contributed by atoms with E-state index in [2.05, 4.69) is 9.97 Å². The van der Waals surface area contributed by atoms with E-state index in [4.69, 9.17) is 16.7 Å². The van der Waals surface area contributed by atoms with Gasteiger partial charge in [-0.15, -0.1) is 0 Å². The van der Waals surface area contributed by atoms with E-state index in [1.54, 1.807) is 16.8 Å². The summed E-state index contributed by atoms with van der Waals surface area (Å²) < 4.78 is 1.63. The Morgan fingerprint density at radius 2 is 2.25 bits per heavy atom. The van der Waals surface area contributed by atoms with Crippen LogP contribution in [-0.2, 0) is 4.79 Å². The molecule has 1 atom stereocenters. The van der Waals surface area contributed by atoms with E-state index in [-0.39, 0.29) is 12.3 Å². The summed E-state index contributed by atoms with van der Waals surface area (Å²) in [5.41, 5.74) is 0.829. The molecule has 6 heteroatoms. The van der Waals surface area contributed by atoms with Crippen LogP contribution in [0.2, 0.25) is 5.15 Å². The maximum Gasteiger partial charge on any atom is 0.303 e. The van der Waals surface area contributed by atoms with E-state index in [0.29, 0.717) is 10.9 Å². The second kappa shape index (κ2) is 4.09. The summed E-state index contributed by atoms with van der Waals surface area (Å²) in [6, 6.07) is 0. The fourth-order valence-corrected chi connectivity index (χ4v) is 1.67. The first-order valence-corrected chi connectivity index (χ1v) is 5.16. The predicted molar refractivity (Wildman–Crippen MR) is 58.7 cm³/mol. The summed E-state index contributed by atoms with van der Waals surface area (Å²) in [5.74, 6) is -0.423. The topological polar surface area (TPSA) is 67.5 Å². The number of nitrogens with zero attached hydrogens (tertiary/aromatic N) is 3. The molecule has 0 saturated carbocycles. The molecule has 0 fully saturated rings. The normalized spacial score (nSPS) is 12.9. The number of carbonyl (C=O) groups is 1. The maximum absolute atomic E-state index is 10.6. The van der Waals surface area contributed by atoms with Crippen molar-refractivity contribution in [2.45, 2.75) is 19.3 Å². The van der Waals surface area contributed by atoms with Gasteiger partial charge in [-0.2, -0.15) is 0 Å². The highest BCUT2D eigenvalue weighted by Gasteiger charge is 2.12.